The predicted octanol–water partition coefficient (Wildman–Crippen LogP) is 4.54. The van der Waals surface area contributed by atoms with E-state index in [1.165, 1.54) is 0 Å². The minimum atomic E-state index is 0.764. The predicted molar refractivity (Wildman–Crippen MR) is 76.2 cm³/mol. The van der Waals surface area contributed by atoms with Gasteiger partial charge in [-0.15, -0.1) is 0 Å². The molecule has 0 aliphatic carbocycles. The first-order valence-corrected chi connectivity index (χ1v) is 6.16. The normalized spacial score (nSPS) is 10.1. The van der Waals surface area contributed by atoms with Gasteiger partial charge in [0.05, 0.1) is 6.20 Å². The fourth-order valence-corrected chi connectivity index (χ4v) is 1.93. The van der Waals surface area contributed by atoms with Gasteiger partial charge in [0.1, 0.15) is 5.75 Å². The van der Waals surface area contributed by atoms with Gasteiger partial charge in [-0.3, -0.25) is 4.98 Å². The van der Waals surface area contributed by atoms with Crippen LogP contribution in [0.5, 0.6) is 11.5 Å². The lowest BCUT2D eigenvalue weighted by molar-refractivity contribution is 0.482. The molecule has 0 radical (unpaired) electrons. The highest BCUT2D eigenvalue weighted by Crippen LogP contribution is 2.31. The largest absolute Gasteiger partial charge is 0.455 e. The molecule has 0 bridgehead atoms. The number of pyridine rings is 1. The summed E-state index contributed by atoms with van der Waals surface area (Å²) in [5, 5.41) is 0. The van der Waals surface area contributed by atoms with Crippen molar-refractivity contribution < 1.29 is 4.74 Å². The van der Waals surface area contributed by atoms with Crippen LogP contribution in [0.15, 0.2) is 79.1 Å². The maximum Gasteiger partial charge on any atom is 0.153 e. The van der Waals surface area contributed by atoms with Gasteiger partial charge in [0, 0.05) is 11.8 Å². The molecule has 0 unspecified atom stereocenters. The lowest BCUT2D eigenvalue weighted by atomic mass is 10.1. The summed E-state index contributed by atoms with van der Waals surface area (Å²) >= 11 is 0. The van der Waals surface area contributed by atoms with Gasteiger partial charge in [0.15, 0.2) is 5.75 Å². The maximum atomic E-state index is 5.90. The number of hydrogen-bond donors (Lipinski definition) is 0. The van der Waals surface area contributed by atoms with Crippen LogP contribution in [0.4, 0.5) is 0 Å². The summed E-state index contributed by atoms with van der Waals surface area (Å²) < 4.78 is 5.90. The molecule has 0 aliphatic heterocycles. The molecule has 0 N–H and O–H groups in total. The van der Waals surface area contributed by atoms with Crippen molar-refractivity contribution in [1.82, 2.24) is 4.98 Å². The zero-order valence-corrected chi connectivity index (χ0v) is 10.4. The lowest BCUT2D eigenvalue weighted by Crippen LogP contribution is -1.89. The summed E-state index contributed by atoms with van der Waals surface area (Å²) in [5.41, 5.74) is 2.16. The Morgan fingerprint density at radius 2 is 1.42 bits per heavy atom. The quantitative estimate of drug-likeness (QED) is 0.677. The average molecular weight is 247 g/mol. The van der Waals surface area contributed by atoms with E-state index in [1.54, 1.807) is 12.4 Å². The number of para-hydroxylation sites is 1. The Balaban J connectivity index is 1.99. The molecule has 1 heterocycles. The molecule has 0 amide bonds. The van der Waals surface area contributed by atoms with Crippen LogP contribution >= 0.6 is 0 Å². The lowest BCUT2D eigenvalue weighted by Gasteiger charge is -2.10. The van der Waals surface area contributed by atoms with Crippen LogP contribution in [0.25, 0.3) is 11.1 Å². The number of benzene rings is 2. The summed E-state index contributed by atoms with van der Waals surface area (Å²) in [5.74, 6) is 1.58. The van der Waals surface area contributed by atoms with Crippen LogP contribution in [0, 0.1) is 0 Å². The van der Waals surface area contributed by atoms with Gasteiger partial charge in [-0.2, -0.15) is 0 Å². The Morgan fingerprint density at radius 1 is 0.737 bits per heavy atom. The number of hydrogen-bond acceptors (Lipinski definition) is 2. The third kappa shape index (κ3) is 2.63. The molecule has 2 heteroatoms. The van der Waals surface area contributed by atoms with Gasteiger partial charge < -0.3 is 4.74 Å². The van der Waals surface area contributed by atoms with E-state index in [2.05, 4.69) is 17.1 Å². The van der Waals surface area contributed by atoms with Crippen LogP contribution in [0.3, 0.4) is 0 Å². The Bertz CT molecular complexity index is 650. The van der Waals surface area contributed by atoms with Crippen LogP contribution in [0.1, 0.15) is 0 Å². The first-order chi connectivity index (χ1) is 9.43. The summed E-state index contributed by atoms with van der Waals surface area (Å²) in [4.78, 5) is 4.14. The highest BCUT2D eigenvalue weighted by Gasteiger charge is 2.06. The van der Waals surface area contributed by atoms with Crippen molar-refractivity contribution in [3.8, 4) is 22.6 Å². The van der Waals surface area contributed by atoms with Crippen LogP contribution in [0.2, 0.25) is 0 Å². The molecule has 0 saturated carbocycles. The van der Waals surface area contributed by atoms with Crippen molar-refractivity contribution in [2.75, 3.05) is 0 Å². The molecule has 2 aromatic carbocycles. The van der Waals surface area contributed by atoms with E-state index in [0.29, 0.717) is 0 Å². The zero-order chi connectivity index (χ0) is 12.9. The molecule has 0 atom stereocenters. The Morgan fingerprint density at radius 3 is 2.16 bits per heavy atom. The zero-order valence-electron chi connectivity index (χ0n) is 10.4. The van der Waals surface area contributed by atoms with E-state index in [-0.39, 0.29) is 0 Å². The van der Waals surface area contributed by atoms with E-state index in [0.717, 1.165) is 22.6 Å². The molecule has 92 valence electrons. The minimum absolute atomic E-state index is 0.764. The third-order valence-corrected chi connectivity index (χ3v) is 2.84. The smallest absolute Gasteiger partial charge is 0.153 e. The fraction of sp³-hybridized carbons (Fsp3) is 0. The summed E-state index contributed by atoms with van der Waals surface area (Å²) in [7, 11) is 0. The third-order valence-electron chi connectivity index (χ3n) is 2.84. The SMILES string of the molecule is c1ccc(Oc2cnccc2-c2ccccc2)cc1. The van der Waals surface area contributed by atoms with Gasteiger partial charge in [-0.1, -0.05) is 48.5 Å². The minimum Gasteiger partial charge on any atom is -0.455 e. The second kappa shape index (κ2) is 5.36. The van der Waals surface area contributed by atoms with E-state index in [1.807, 2.05) is 54.6 Å². The molecule has 0 spiro atoms. The monoisotopic (exact) mass is 247 g/mol. The summed E-state index contributed by atoms with van der Waals surface area (Å²) in [6.07, 6.45) is 3.52. The first-order valence-electron chi connectivity index (χ1n) is 6.16. The van der Waals surface area contributed by atoms with Crippen molar-refractivity contribution in [1.29, 1.82) is 0 Å². The van der Waals surface area contributed by atoms with E-state index < -0.39 is 0 Å². The topological polar surface area (TPSA) is 22.1 Å². The Hall–Kier alpha value is -2.61. The van der Waals surface area contributed by atoms with Gasteiger partial charge >= 0.3 is 0 Å². The molecule has 19 heavy (non-hydrogen) atoms. The van der Waals surface area contributed by atoms with Gasteiger partial charge in [0.2, 0.25) is 0 Å². The van der Waals surface area contributed by atoms with Crippen LogP contribution in [-0.4, -0.2) is 4.98 Å². The van der Waals surface area contributed by atoms with Gasteiger partial charge in [-0.25, -0.2) is 0 Å². The van der Waals surface area contributed by atoms with Crippen molar-refractivity contribution in [2.45, 2.75) is 0 Å². The van der Waals surface area contributed by atoms with Crippen molar-refractivity contribution in [2.24, 2.45) is 0 Å². The molecule has 3 rings (SSSR count). The molecule has 0 aliphatic rings. The average Bonchev–Trinajstić information content (AvgIpc) is 2.50. The van der Waals surface area contributed by atoms with Crippen molar-refractivity contribution >= 4 is 0 Å². The van der Waals surface area contributed by atoms with Crippen LogP contribution in [-0.2, 0) is 0 Å². The molecule has 2 nitrogen and oxygen atoms in total. The number of nitrogens with zero attached hydrogens (tertiary/aromatic N) is 1. The van der Waals surface area contributed by atoms with Crippen molar-refractivity contribution in [3.63, 3.8) is 0 Å². The highest BCUT2D eigenvalue weighted by molar-refractivity contribution is 5.69. The Labute approximate surface area is 112 Å². The molecular weight excluding hydrogens is 234 g/mol. The fourth-order valence-electron chi connectivity index (χ4n) is 1.93. The second-order valence-electron chi connectivity index (χ2n) is 4.15. The molecule has 1 aromatic heterocycles. The number of aromatic nitrogens is 1. The van der Waals surface area contributed by atoms with Crippen LogP contribution < -0.4 is 4.74 Å². The highest BCUT2D eigenvalue weighted by atomic mass is 16.5. The maximum absolute atomic E-state index is 5.90. The van der Waals surface area contributed by atoms with Gasteiger partial charge in [-0.05, 0) is 23.8 Å². The van der Waals surface area contributed by atoms with Gasteiger partial charge in [0.25, 0.3) is 0 Å². The summed E-state index contributed by atoms with van der Waals surface area (Å²) in [6, 6.07) is 21.9. The Kier molecular flexibility index (Phi) is 3.24. The molecule has 0 fully saturated rings. The molecule has 0 saturated heterocycles. The number of rotatable bonds is 3. The van der Waals surface area contributed by atoms with E-state index >= 15 is 0 Å². The number of ether oxygens (including phenoxy) is 1. The summed E-state index contributed by atoms with van der Waals surface area (Å²) in [6.45, 7) is 0. The second-order valence-corrected chi connectivity index (χ2v) is 4.15. The molecule has 3 aromatic rings. The molecular formula is C17H13NO. The van der Waals surface area contributed by atoms with E-state index in [9.17, 15) is 0 Å². The van der Waals surface area contributed by atoms with E-state index in [4.69, 9.17) is 4.74 Å². The first kappa shape index (κ1) is 11.5. The van der Waals surface area contributed by atoms with Crippen molar-refractivity contribution in [3.05, 3.63) is 79.1 Å². The standard InChI is InChI=1S/C17H13NO/c1-3-7-14(8-4-1)16-11-12-18-13-17(16)19-15-9-5-2-6-10-15/h1-13H.